The molecule has 2 aliphatic carbocycles. The number of piperidine rings is 1. The minimum atomic E-state index is -0.332. The van der Waals surface area contributed by atoms with Gasteiger partial charge in [0.2, 0.25) is 0 Å². The lowest BCUT2D eigenvalue weighted by Crippen LogP contribution is -2.56. The third-order valence-electron chi connectivity index (χ3n) is 6.02. The predicted octanol–water partition coefficient (Wildman–Crippen LogP) is 3.12. The van der Waals surface area contributed by atoms with Crippen LogP contribution in [-0.2, 0) is 0 Å². The molecule has 5 rings (SSSR count). The maximum absolute atomic E-state index is 13.8. The monoisotopic (exact) mass is 339 g/mol. The summed E-state index contributed by atoms with van der Waals surface area (Å²) in [6, 6.07) is 6.41. The van der Waals surface area contributed by atoms with Crippen LogP contribution in [0.3, 0.4) is 0 Å². The van der Waals surface area contributed by atoms with E-state index < -0.39 is 0 Å². The lowest BCUT2D eigenvalue weighted by Gasteiger charge is -2.34. The van der Waals surface area contributed by atoms with E-state index in [9.17, 15) is 9.18 Å². The normalized spacial score (nSPS) is 28.3. The van der Waals surface area contributed by atoms with Gasteiger partial charge in [0.15, 0.2) is 0 Å². The fourth-order valence-electron chi connectivity index (χ4n) is 4.55. The highest BCUT2D eigenvalue weighted by atomic mass is 19.1. The van der Waals surface area contributed by atoms with Crippen molar-refractivity contribution in [2.24, 2.45) is 5.92 Å². The van der Waals surface area contributed by atoms with Crippen LogP contribution in [0.1, 0.15) is 54.1 Å². The Hall–Kier alpha value is -2.01. The lowest BCUT2D eigenvalue weighted by atomic mass is 9.91. The predicted molar refractivity (Wildman–Crippen MR) is 94.1 cm³/mol. The standard InChI is InChI=1S/C20H22FN3O/c21-14-3-4-17-15(7-14)16(8-18(23-17)13-1-2-13)19(25)24-20-6-5-12(9-20)10-22-11-20/h3-4,7-8,12-13,22H,1-2,5-6,9-11H2,(H,24,25). The molecule has 4 nitrogen and oxygen atoms in total. The first kappa shape index (κ1) is 15.3. The third kappa shape index (κ3) is 2.71. The minimum Gasteiger partial charge on any atom is -0.345 e. The van der Waals surface area contributed by atoms with Crippen LogP contribution >= 0.6 is 0 Å². The molecule has 2 heterocycles. The Labute approximate surface area is 146 Å². The molecule has 1 saturated heterocycles. The summed E-state index contributed by atoms with van der Waals surface area (Å²) >= 11 is 0. The molecular weight excluding hydrogens is 317 g/mol. The summed E-state index contributed by atoms with van der Waals surface area (Å²) in [4.78, 5) is 17.8. The van der Waals surface area contributed by atoms with Crippen molar-refractivity contribution in [2.45, 2.75) is 43.6 Å². The number of halogens is 1. The van der Waals surface area contributed by atoms with Crippen molar-refractivity contribution in [1.29, 1.82) is 0 Å². The van der Waals surface area contributed by atoms with E-state index in [2.05, 4.69) is 15.6 Å². The van der Waals surface area contributed by atoms with Crippen molar-refractivity contribution >= 4 is 16.8 Å². The molecule has 2 N–H and O–H groups in total. The summed E-state index contributed by atoms with van der Waals surface area (Å²) in [5.41, 5.74) is 2.09. The maximum atomic E-state index is 13.8. The number of amides is 1. The largest absolute Gasteiger partial charge is 0.345 e. The number of aromatic nitrogens is 1. The van der Waals surface area contributed by atoms with Crippen molar-refractivity contribution in [3.63, 3.8) is 0 Å². The maximum Gasteiger partial charge on any atom is 0.252 e. The second-order valence-corrected chi connectivity index (χ2v) is 8.00. The van der Waals surface area contributed by atoms with Crippen molar-refractivity contribution in [3.8, 4) is 0 Å². The Morgan fingerprint density at radius 2 is 2.16 bits per heavy atom. The van der Waals surface area contributed by atoms with Gasteiger partial charge in [0.25, 0.3) is 5.91 Å². The Morgan fingerprint density at radius 1 is 1.28 bits per heavy atom. The lowest BCUT2D eigenvalue weighted by molar-refractivity contribution is 0.0890. The average molecular weight is 339 g/mol. The Bertz CT molecular complexity index is 859. The van der Waals surface area contributed by atoms with E-state index in [1.165, 1.54) is 12.1 Å². The molecule has 3 fully saturated rings. The Balaban J connectivity index is 1.54. The van der Waals surface area contributed by atoms with E-state index in [1.807, 2.05) is 6.07 Å². The van der Waals surface area contributed by atoms with Crippen LogP contribution in [-0.4, -0.2) is 29.5 Å². The number of rotatable bonds is 3. The van der Waals surface area contributed by atoms with Gasteiger partial charge in [0.05, 0.1) is 16.6 Å². The zero-order chi connectivity index (χ0) is 17.0. The van der Waals surface area contributed by atoms with Crippen molar-refractivity contribution in [3.05, 3.63) is 41.3 Å². The Kier molecular flexibility index (Phi) is 3.35. The van der Waals surface area contributed by atoms with Gasteiger partial charge in [-0.2, -0.15) is 0 Å². The molecule has 2 bridgehead atoms. The van der Waals surface area contributed by atoms with Gasteiger partial charge >= 0.3 is 0 Å². The van der Waals surface area contributed by atoms with Crippen molar-refractivity contribution in [2.75, 3.05) is 13.1 Å². The van der Waals surface area contributed by atoms with E-state index in [0.29, 0.717) is 28.3 Å². The van der Waals surface area contributed by atoms with E-state index >= 15 is 0 Å². The number of hydrogen-bond acceptors (Lipinski definition) is 3. The number of carbonyl (C=O) groups is 1. The number of nitrogens with zero attached hydrogens (tertiary/aromatic N) is 1. The number of carbonyl (C=O) groups excluding carboxylic acids is 1. The van der Waals surface area contributed by atoms with Crippen LogP contribution in [0.15, 0.2) is 24.3 Å². The fourth-order valence-corrected chi connectivity index (χ4v) is 4.55. The quantitative estimate of drug-likeness (QED) is 0.903. The topological polar surface area (TPSA) is 54.0 Å². The molecule has 2 unspecified atom stereocenters. The zero-order valence-electron chi connectivity index (χ0n) is 14.1. The molecule has 1 aromatic carbocycles. The molecule has 25 heavy (non-hydrogen) atoms. The van der Waals surface area contributed by atoms with Gasteiger partial charge in [0.1, 0.15) is 5.82 Å². The van der Waals surface area contributed by atoms with Gasteiger partial charge < -0.3 is 10.6 Å². The van der Waals surface area contributed by atoms with Crippen molar-refractivity contribution in [1.82, 2.24) is 15.6 Å². The van der Waals surface area contributed by atoms with E-state index in [4.69, 9.17) is 0 Å². The summed E-state index contributed by atoms with van der Waals surface area (Å²) in [6.07, 6.45) is 5.46. The summed E-state index contributed by atoms with van der Waals surface area (Å²) in [6.45, 7) is 1.87. The second-order valence-electron chi connectivity index (χ2n) is 8.00. The van der Waals surface area contributed by atoms with Gasteiger partial charge in [-0.05, 0) is 68.8 Å². The van der Waals surface area contributed by atoms with Crippen LogP contribution in [0.5, 0.6) is 0 Å². The van der Waals surface area contributed by atoms with Crippen LogP contribution in [0, 0.1) is 11.7 Å². The average Bonchev–Trinajstić information content (AvgIpc) is 3.40. The number of hydrogen-bond donors (Lipinski definition) is 2. The molecule has 1 amide bonds. The molecule has 1 aliphatic heterocycles. The van der Waals surface area contributed by atoms with Gasteiger partial charge in [-0.15, -0.1) is 0 Å². The molecule has 2 atom stereocenters. The number of fused-ring (bicyclic) bond motifs is 3. The van der Waals surface area contributed by atoms with Crippen LogP contribution in [0.25, 0.3) is 10.9 Å². The molecule has 2 aromatic rings. The van der Waals surface area contributed by atoms with Crippen LogP contribution in [0.4, 0.5) is 4.39 Å². The highest BCUT2D eigenvalue weighted by Crippen LogP contribution is 2.41. The van der Waals surface area contributed by atoms with Gasteiger partial charge in [-0.1, -0.05) is 0 Å². The van der Waals surface area contributed by atoms with E-state index in [-0.39, 0.29) is 17.3 Å². The summed E-state index contributed by atoms with van der Waals surface area (Å²) < 4.78 is 13.8. The number of nitrogens with one attached hydrogen (secondary N) is 2. The molecule has 5 heteroatoms. The molecule has 0 spiro atoms. The Morgan fingerprint density at radius 3 is 3.00 bits per heavy atom. The molecule has 1 aromatic heterocycles. The van der Waals surface area contributed by atoms with Gasteiger partial charge in [-0.3, -0.25) is 9.78 Å². The van der Waals surface area contributed by atoms with E-state index in [1.54, 1.807) is 6.07 Å². The highest BCUT2D eigenvalue weighted by Gasteiger charge is 2.43. The van der Waals surface area contributed by atoms with Crippen LogP contribution < -0.4 is 10.6 Å². The van der Waals surface area contributed by atoms with E-state index in [0.717, 1.165) is 50.9 Å². The van der Waals surface area contributed by atoms with Gasteiger partial charge in [0, 0.05) is 23.5 Å². The summed E-state index contributed by atoms with van der Waals surface area (Å²) in [7, 11) is 0. The molecule has 130 valence electrons. The SMILES string of the molecule is O=C(NC12CCC(CNC1)C2)c1cc(C2CC2)nc2ccc(F)cc12. The minimum absolute atomic E-state index is 0.0933. The third-order valence-corrected chi connectivity index (χ3v) is 6.02. The molecular formula is C20H22FN3O. The summed E-state index contributed by atoms with van der Waals surface area (Å²) in [5, 5.41) is 7.34. The molecule has 0 radical (unpaired) electrons. The summed E-state index contributed by atoms with van der Waals surface area (Å²) in [5.74, 6) is 0.680. The molecule has 2 saturated carbocycles. The van der Waals surface area contributed by atoms with Crippen LogP contribution in [0.2, 0.25) is 0 Å². The first-order chi connectivity index (χ1) is 12.1. The second kappa shape index (κ2) is 5.49. The number of benzene rings is 1. The first-order valence-electron chi connectivity index (χ1n) is 9.25. The highest BCUT2D eigenvalue weighted by molar-refractivity contribution is 6.06. The zero-order valence-corrected chi connectivity index (χ0v) is 14.1. The van der Waals surface area contributed by atoms with Crippen molar-refractivity contribution < 1.29 is 9.18 Å². The molecule has 3 aliphatic rings. The first-order valence-corrected chi connectivity index (χ1v) is 9.25. The van der Waals surface area contributed by atoms with Gasteiger partial charge in [-0.25, -0.2) is 4.39 Å². The fraction of sp³-hybridized carbons (Fsp3) is 0.500. The smallest absolute Gasteiger partial charge is 0.252 e. The number of pyridine rings is 1.